The van der Waals surface area contributed by atoms with Crippen LogP contribution in [-0.2, 0) is 9.53 Å². The Balaban J connectivity index is 2.09. The molecule has 0 bridgehead atoms. The highest BCUT2D eigenvalue weighted by atomic mass is 32.1. The minimum absolute atomic E-state index is 0.0433. The van der Waals surface area contributed by atoms with E-state index in [1.807, 2.05) is 45.6 Å². The molecule has 1 atom stereocenters. The first kappa shape index (κ1) is 18.9. The summed E-state index contributed by atoms with van der Waals surface area (Å²) in [5, 5.41) is 3.65. The fourth-order valence-corrected chi connectivity index (χ4v) is 3.63. The van der Waals surface area contributed by atoms with Crippen LogP contribution in [0.1, 0.15) is 49.4 Å². The van der Waals surface area contributed by atoms with Gasteiger partial charge in [0.25, 0.3) is 5.91 Å². The number of thiophene rings is 1. The minimum Gasteiger partial charge on any atom is -0.381 e. The van der Waals surface area contributed by atoms with Crippen LogP contribution in [0.2, 0.25) is 0 Å². The summed E-state index contributed by atoms with van der Waals surface area (Å²) < 4.78 is 5.41. The predicted octanol–water partition coefficient (Wildman–Crippen LogP) is 3.54. The second-order valence-corrected chi connectivity index (χ2v) is 8.45. The van der Waals surface area contributed by atoms with E-state index in [-0.39, 0.29) is 11.8 Å². The van der Waals surface area contributed by atoms with Gasteiger partial charge in [0.1, 0.15) is 0 Å². The normalized spacial score (nSPS) is 17.8. The van der Waals surface area contributed by atoms with E-state index in [4.69, 9.17) is 4.74 Å². The second-order valence-electron chi connectivity index (χ2n) is 7.40. The van der Waals surface area contributed by atoms with Gasteiger partial charge < -0.3 is 15.0 Å². The topological polar surface area (TPSA) is 58.6 Å². The molecule has 6 heteroatoms. The molecule has 134 valence electrons. The lowest BCUT2D eigenvalue weighted by atomic mass is 9.96. The molecule has 1 aliphatic rings. The van der Waals surface area contributed by atoms with Crippen LogP contribution in [0.15, 0.2) is 6.07 Å². The number of rotatable bonds is 5. The molecule has 1 aliphatic heterocycles. The van der Waals surface area contributed by atoms with Crippen LogP contribution in [0.3, 0.4) is 0 Å². The van der Waals surface area contributed by atoms with Gasteiger partial charge in [-0.25, -0.2) is 0 Å². The monoisotopic (exact) mass is 352 g/mol. The molecule has 5 nitrogen and oxygen atoms in total. The molecule has 1 aromatic heterocycles. The number of carbonyl (C=O) groups excluding carboxylic acids is 2. The van der Waals surface area contributed by atoms with Crippen molar-refractivity contribution in [2.45, 2.75) is 41.0 Å². The largest absolute Gasteiger partial charge is 0.381 e. The molecule has 1 unspecified atom stereocenters. The number of amides is 2. The van der Waals surface area contributed by atoms with E-state index in [0.717, 1.165) is 36.7 Å². The molecule has 0 aromatic carbocycles. The predicted molar refractivity (Wildman–Crippen MR) is 97.6 cm³/mol. The van der Waals surface area contributed by atoms with Gasteiger partial charge in [0.05, 0.1) is 16.5 Å². The van der Waals surface area contributed by atoms with Crippen LogP contribution in [0.5, 0.6) is 0 Å². The third kappa shape index (κ3) is 4.57. The van der Waals surface area contributed by atoms with Crippen molar-refractivity contribution in [3.05, 3.63) is 16.5 Å². The average molecular weight is 353 g/mol. The van der Waals surface area contributed by atoms with E-state index in [9.17, 15) is 9.59 Å². The van der Waals surface area contributed by atoms with Gasteiger partial charge in [-0.15, -0.1) is 11.3 Å². The molecule has 1 fully saturated rings. The maximum absolute atomic E-state index is 12.9. The standard InChI is InChI=1S/C18H28N2O3S/c1-6-20(10-13-7-8-23-11-13)16(21)15-12(2)9-14(24-15)19-17(22)18(3,4)5/h9,13H,6-8,10-11H2,1-5H3,(H,19,22). The van der Waals surface area contributed by atoms with Crippen molar-refractivity contribution in [1.29, 1.82) is 0 Å². The Hall–Kier alpha value is -1.40. The highest BCUT2D eigenvalue weighted by Gasteiger charge is 2.26. The zero-order valence-corrected chi connectivity index (χ0v) is 16.1. The van der Waals surface area contributed by atoms with Crippen molar-refractivity contribution < 1.29 is 14.3 Å². The SMILES string of the molecule is CCN(CC1CCOC1)C(=O)c1sc(NC(=O)C(C)(C)C)cc1C. The van der Waals surface area contributed by atoms with E-state index >= 15 is 0 Å². The van der Waals surface area contributed by atoms with E-state index in [0.29, 0.717) is 17.3 Å². The van der Waals surface area contributed by atoms with Gasteiger partial charge in [0.15, 0.2) is 0 Å². The molecular formula is C18H28N2O3S. The number of ether oxygens (including phenoxy) is 1. The first-order chi connectivity index (χ1) is 11.2. The molecular weight excluding hydrogens is 324 g/mol. The average Bonchev–Trinajstić information content (AvgIpc) is 3.12. The van der Waals surface area contributed by atoms with E-state index in [1.54, 1.807) is 0 Å². The third-order valence-corrected chi connectivity index (χ3v) is 5.34. The summed E-state index contributed by atoms with van der Waals surface area (Å²) in [6.07, 6.45) is 1.01. The van der Waals surface area contributed by atoms with Crippen LogP contribution in [0, 0.1) is 18.3 Å². The van der Waals surface area contributed by atoms with Crippen LogP contribution in [-0.4, -0.2) is 43.0 Å². The summed E-state index contributed by atoms with van der Waals surface area (Å²) >= 11 is 1.36. The minimum atomic E-state index is -0.458. The van der Waals surface area contributed by atoms with Crippen molar-refractivity contribution in [3.63, 3.8) is 0 Å². The number of anilines is 1. The molecule has 1 N–H and O–H groups in total. The smallest absolute Gasteiger partial charge is 0.264 e. The Morgan fingerprint density at radius 3 is 2.67 bits per heavy atom. The summed E-state index contributed by atoms with van der Waals surface area (Å²) in [6, 6.07) is 1.88. The lowest BCUT2D eigenvalue weighted by molar-refractivity contribution is -0.123. The maximum Gasteiger partial charge on any atom is 0.264 e. The summed E-state index contributed by atoms with van der Waals surface area (Å²) in [6.45, 7) is 12.5. The molecule has 24 heavy (non-hydrogen) atoms. The number of aryl methyl sites for hydroxylation is 1. The molecule has 2 amide bonds. The van der Waals surface area contributed by atoms with E-state index < -0.39 is 5.41 Å². The Bertz CT molecular complexity index is 598. The summed E-state index contributed by atoms with van der Waals surface area (Å²) in [4.78, 5) is 27.6. The first-order valence-corrected chi connectivity index (χ1v) is 9.33. The lowest BCUT2D eigenvalue weighted by Crippen LogP contribution is -2.35. The highest BCUT2D eigenvalue weighted by molar-refractivity contribution is 7.18. The van der Waals surface area contributed by atoms with Crippen molar-refractivity contribution in [1.82, 2.24) is 4.90 Å². The summed E-state index contributed by atoms with van der Waals surface area (Å²) in [5.74, 6) is 0.426. The third-order valence-electron chi connectivity index (χ3n) is 4.20. The van der Waals surface area contributed by atoms with Crippen LogP contribution in [0.25, 0.3) is 0 Å². The first-order valence-electron chi connectivity index (χ1n) is 8.51. The van der Waals surface area contributed by atoms with Crippen molar-refractivity contribution in [2.24, 2.45) is 11.3 Å². The maximum atomic E-state index is 12.9. The highest BCUT2D eigenvalue weighted by Crippen LogP contribution is 2.30. The van der Waals surface area contributed by atoms with Crippen molar-refractivity contribution in [3.8, 4) is 0 Å². The molecule has 1 saturated heterocycles. The van der Waals surface area contributed by atoms with E-state index in [2.05, 4.69) is 5.32 Å². The van der Waals surface area contributed by atoms with Crippen LogP contribution < -0.4 is 5.32 Å². The molecule has 2 heterocycles. The lowest BCUT2D eigenvalue weighted by Gasteiger charge is -2.23. The quantitative estimate of drug-likeness (QED) is 0.882. The molecule has 0 saturated carbocycles. The summed E-state index contributed by atoms with van der Waals surface area (Å²) in [5.41, 5.74) is 0.454. The second kappa shape index (κ2) is 7.66. The van der Waals surface area contributed by atoms with E-state index in [1.165, 1.54) is 11.3 Å². The number of carbonyl (C=O) groups is 2. The molecule has 0 aliphatic carbocycles. The van der Waals surface area contributed by atoms with Gasteiger partial charge >= 0.3 is 0 Å². The molecule has 0 spiro atoms. The fraction of sp³-hybridized carbons (Fsp3) is 0.667. The number of nitrogens with zero attached hydrogens (tertiary/aromatic N) is 1. The Kier molecular flexibility index (Phi) is 6.04. The van der Waals surface area contributed by atoms with Gasteiger partial charge in [-0.2, -0.15) is 0 Å². The fourth-order valence-electron chi connectivity index (χ4n) is 2.59. The zero-order valence-electron chi connectivity index (χ0n) is 15.3. The zero-order chi connectivity index (χ0) is 17.9. The number of nitrogens with one attached hydrogen (secondary N) is 1. The number of hydrogen-bond acceptors (Lipinski definition) is 4. The Morgan fingerprint density at radius 2 is 2.12 bits per heavy atom. The van der Waals surface area contributed by atoms with Gasteiger partial charge in [-0.05, 0) is 31.9 Å². The molecule has 2 rings (SSSR count). The summed E-state index contributed by atoms with van der Waals surface area (Å²) in [7, 11) is 0. The van der Waals surface area contributed by atoms with Crippen molar-refractivity contribution in [2.75, 3.05) is 31.6 Å². The molecule has 0 radical (unpaired) electrons. The Morgan fingerprint density at radius 1 is 1.42 bits per heavy atom. The van der Waals surface area contributed by atoms with Crippen molar-refractivity contribution >= 4 is 28.2 Å². The Labute approximate surface area is 148 Å². The number of hydrogen-bond donors (Lipinski definition) is 1. The van der Waals surface area contributed by atoms with Gasteiger partial charge in [0, 0.05) is 31.0 Å². The van der Waals surface area contributed by atoms with Crippen LogP contribution >= 0.6 is 11.3 Å². The van der Waals surface area contributed by atoms with Crippen LogP contribution in [0.4, 0.5) is 5.00 Å². The van der Waals surface area contributed by atoms with Gasteiger partial charge in [0.2, 0.25) is 5.91 Å². The molecule has 1 aromatic rings. The van der Waals surface area contributed by atoms with Gasteiger partial charge in [-0.1, -0.05) is 20.8 Å². The van der Waals surface area contributed by atoms with Gasteiger partial charge in [-0.3, -0.25) is 9.59 Å².